The van der Waals surface area contributed by atoms with Crippen molar-refractivity contribution in [2.45, 2.75) is 25.9 Å². The van der Waals surface area contributed by atoms with Crippen LogP contribution in [0.3, 0.4) is 0 Å². The van der Waals surface area contributed by atoms with Crippen LogP contribution in [-0.2, 0) is 4.79 Å². The molecule has 0 fully saturated rings. The number of hydrogen-bond donors (Lipinski definition) is 1. The summed E-state index contributed by atoms with van der Waals surface area (Å²) in [6.45, 7) is 3.91. The number of methoxy groups -OCH3 is 1. The van der Waals surface area contributed by atoms with Gasteiger partial charge in [-0.05, 0) is 31.5 Å². The van der Waals surface area contributed by atoms with Crippen molar-refractivity contribution in [1.29, 1.82) is 0 Å². The lowest BCUT2D eigenvalue weighted by Crippen LogP contribution is -2.42. The summed E-state index contributed by atoms with van der Waals surface area (Å²) in [7, 11) is 5.17. The molecule has 0 aromatic heterocycles. The maximum Gasteiger partial charge on any atom is 0.238 e. The van der Waals surface area contributed by atoms with Crippen molar-refractivity contribution in [2.24, 2.45) is 0 Å². The smallest absolute Gasteiger partial charge is 0.238 e. The molecule has 2 atom stereocenters. The van der Waals surface area contributed by atoms with Crippen LogP contribution in [0.15, 0.2) is 24.3 Å². The highest BCUT2D eigenvalue weighted by atomic mass is 16.5. The van der Waals surface area contributed by atoms with E-state index < -0.39 is 0 Å². The summed E-state index contributed by atoms with van der Waals surface area (Å²) in [5, 5.41) is 3.28. The topological polar surface area (TPSA) is 41.6 Å². The normalized spacial score (nSPS) is 13.8. The molecule has 4 heteroatoms. The van der Waals surface area contributed by atoms with Crippen LogP contribution in [0.5, 0.6) is 5.75 Å². The van der Waals surface area contributed by atoms with Gasteiger partial charge in [0.15, 0.2) is 0 Å². The Morgan fingerprint density at radius 2 is 2.00 bits per heavy atom. The lowest BCUT2D eigenvalue weighted by Gasteiger charge is -2.22. The highest BCUT2D eigenvalue weighted by Gasteiger charge is 2.17. The van der Waals surface area contributed by atoms with E-state index in [9.17, 15) is 4.79 Å². The number of nitrogens with one attached hydrogen (secondary N) is 1. The Morgan fingerprint density at radius 3 is 2.56 bits per heavy atom. The van der Waals surface area contributed by atoms with Gasteiger partial charge < -0.3 is 9.64 Å². The van der Waals surface area contributed by atoms with Crippen LogP contribution in [0.1, 0.15) is 25.5 Å². The first-order chi connectivity index (χ1) is 8.45. The zero-order valence-electron chi connectivity index (χ0n) is 11.7. The van der Waals surface area contributed by atoms with E-state index in [0.29, 0.717) is 0 Å². The fraction of sp³-hybridized carbons (Fsp3) is 0.500. The first-order valence-electron chi connectivity index (χ1n) is 6.07. The fourth-order valence-electron chi connectivity index (χ4n) is 1.84. The number of hydrogen-bond acceptors (Lipinski definition) is 3. The third-order valence-electron chi connectivity index (χ3n) is 2.90. The summed E-state index contributed by atoms with van der Waals surface area (Å²) in [4.78, 5) is 13.4. The summed E-state index contributed by atoms with van der Waals surface area (Å²) in [5.74, 6) is 0.900. The summed E-state index contributed by atoms with van der Waals surface area (Å²) < 4.78 is 5.19. The van der Waals surface area contributed by atoms with Crippen LogP contribution >= 0.6 is 0 Å². The zero-order valence-corrected chi connectivity index (χ0v) is 11.7. The average molecular weight is 250 g/mol. The molecule has 0 aliphatic rings. The van der Waals surface area contributed by atoms with E-state index in [0.717, 1.165) is 11.3 Å². The minimum absolute atomic E-state index is 0.0738. The lowest BCUT2D eigenvalue weighted by atomic mass is 10.1. The molecule has 1 rings (SSSR count). The van der Waals surface area contributed by atoms with Crippen molar-refractivity contribution in [3.63, 3.8) is 0 Å². The monoisotopic (exact) mass is 250 g/mol. The Labute approximate surface area is 109 Å². The van der Waals surface area contributed by atoms with Crippen LogP contribution in [0.25, 0.3) is 0 Å². The van der Waals surface area contributed by atoms with Crippen molar-refractivity contribution >= 4 is 5.91 Å². The number of carbonyl (C=O) groups is 1. The second kappa shape index (κ2) is 6.40. The number of benzene rings is 1. The second-order valence-electron chi connectivity index (χ2n) is 4.62. The van der Waals surface area contributed by atoms with Crippen LogP contribution in [0.4, 0.5) is 0 Å². The molecule has 0 saturated heterocycles. The van der Waals surface area contributed by atoms with Crippen molar-refractivity contribution in [1.82, 2.24) is 10.2 Å². The summed E-state index contributed by atoms with van der Waals surface area (Å²) in [6.07, 6.45) is 0. The van der Waals surface area contributed by atoms with E-state index in [1.807, 2.05) is 38.1 Å². The van der Waals surface area contributed by atoms with Crippen LogP contribution in [0, 0.1) is 0 Å². The third-order valence-corrected chi connectivity index (χ3v) is 2.90. The Morgan fingerprint density at radius 1 is 1.33 bits per heavy atom. The molecule has 0 saturated carbocycles. The molecule has 100 valence electrons. The number of ether oxygens (including phenoxy) is 1. The van der Waals surface area contributed by atoms with Gasteiger partial charge in [0.25, 0.3) is 0 Å². The highest BCUT2D eigenvalue weighted by molar-refractivity contribution is 5.80. The van der Waals surface area contributed by atoms with Gasteiger partial charge in [0, 0.05) is 20.1 Å². The Hall–Kier alpha value is -1.55. The third kappa shape index (κ3) is 3.74. The number of likely N-dealkylation sites (N-methyl/N-ethyl adjacent to an activating group) is 1. The molecule has 1 N–H and O–H groups in total. The van der Waals surface area contributed by atoms with Crippen molar-refractivity contribution in [2.75, 3.05) is 21.2 Å². The van der Waals surface area contributed by atoms with Gasteiger partial charge in [0.05, 0.1) is 13.2 Å². The Bertz CT molecular complexity index is 405. The molecule has 0 spiro atoms. The van der Waals surface area contributed by atoms with Gasteiger partial charge in [-0.3, -0.25) is 10.1 Å². The van der Waals surface area contributed by atoms with Crippen LogP contribution in [0.2, 0.25) is 0 Å². The molecule has 0 aliphatic heterocycles. The molecular formula is C14H22N2O2. The minimum Gasteiger partial charge on any atom is -0.497 e. The summed E-state index contributed by atoms with van der Waals surface area (Å²) in [5.41, 5.74) is 1.10. The van der Waals surface area contributed by atoms with Crippen LogP contribution in [-0.4, -0.2) is 38.1 Å². The molecule has 18 heavy (non-hydrogen) atoms. The van der Waals surface area contributed by atoms with E-state index >= 15 is 0 Å². The van der Waals surface area contributed by atoms with Gasteiger partial charge in [0.1, 0.15) is 5.75 Å². The van der Waals surface area contributed by atoms with Gasteiger partial charge in [-0.15, -0.1) is 0 Å². The molecule has 1 amide bonds. The predicted octanol–water partition coefficient (Wildman–Crippen LogP) is 1.82. The fourth-order valence-corrected chi connectivity index (χ4v) is 1.84. The molecule has 0 radical (unpaired) electrons. The molecule has 0 bridgehead atoms. The zero-order chi connectivity index (χ0) is 13.7. The lowest BCUT2D eigenvalue weighted by molar-refractivity contribution is -0.130. The predicted molar refractivity (Wildman–Crippen MR) is 72.7 cm³/mol. The SMILES string of the molecule is COc1cccc([C@H](C)NC(C)C(=O)N(C)C)c1. The number of amides is 1. The van der Waals surface area contributed by atoms with E-state index in [2.05, 4.69) is 5.32 Å². The standard InChI is InChI=1S/C14H22N2O2/c1-10(15-11(2)14(17)16(3)4)12-7-6-8-13(9-12)18-5/h6-11,15H,1-5H3/t10-,11?/m0/s1. The quantitative estimate of drug-likeness (QED) is 0.866. The second-order valence-corrected chi connectivity index (χ2v) is 4.62. The number of nitrogens with zero attached hydrogens (tertiary/aromatic N) is 1. The van der Waals surface area contributed by atoms with E-state index in [-0.39, 0.29) is 18.0 Å². The number of carbonyl (C=O) groups excluding carboxylic acids is 1. The van der Waals surface area contributed by atoms with E-state index in [1.54, 1.807) is 26.1 Å². The molecule has 0 aliphatic carbocycles. The van der Waals surface area contributed by atoms with Gasteiger partial charge >= 0.3 is 0 Å². The van der Waals surface area contributed by atoms with E-state index in [4.69, 9.17) is 4.74 Å². The first kappa shape index (κ1) is 14.5. The number of rotatable bonds is 5. The highest BCUT2D eigenvalue weighted by Crippen LogP contribution is 2.19. The Balaban J connectivity index is 2.69. The largest absolute Gasteiger partial charge is 0.497 e. The minimum atomic E-state index is -0.207. The van der Waals surface area contributed by atoms with Gasteiger partial charge in [-0.2, -0.15) is 0 Å². The molecule has 0 heterocycles. The maximum atomic E-state index is 11.8. The van der Waals surface area contributed by atoms with Crippen molar-refractivity contribution in [3.05, 3.63) is 29.8 Å². The first-order valence-corrected chi connectivity index (χ1v) is 6.07. The Kier molecular flexibility index (Phi) is 5.16. The van der Waals surface area contributed by atoms with Crippen molar-refractivity contribution in [3.8, 4) is 5.75 Å². The molecule has 1 aromatic rings. The van der Waals surface area contributed by atoms with Crippen LogP contribution < -0.4 is 10.1 Å². The summed E-state index contributed by atoms with van der Waals surface area (Å²) in [6, 6.07) is 7.74. The molecule has 1 unspecified atom stereocenters. The van der Waals surface area contributed by atoms with E-state index in [1.165, 1.54) is 0 Å². The van der Waals surface area contributed by atoms with Gasteiger partial charge in [0.2, 0.25) is 5.91 Å². The van der Waals surface area contributed by atoms with Crippen molar-refractivity contribution < 1.29 is 9.53 Å². The van der Waals surface area contributed by atoms with Gasteiger partial charge in [-0.1, -0.05) is 12.1 Å². The molecular weight excluding hydrogens is 228 g/mol. The van der Waals surface area contributed by atoms with Gasteiger partial charge in [-0.25, -0.2) is 0 Å². The molecule has 1 aromatic carbocycles. The maximum absolute atomic E-state index is 11.8. The molecule has 4 nitrogen and oxygen atoms in total. The average Bonchev–Trinajstić information content (AvgIpc) is 2.37. The summed E-state index contributed by atoms with van der Waals surface area (Å²) >= 11 is 0.